The third-order valence-corrected chi connectivity index (χ3v) is 3.22. The van der Waals surface area contributed by atoms with Crippen molar-refractivity contribution in [1.29, 1.82) is 0 Å². The Morgan fingerprint density at radius 3 is 2.83 bits per heavy atom. The van der Waals surface area contributed by atoms with Crippen LogP contribution >= 0.6 is 0 Å². The van der Waals surface area contributed by atoms with Gasteiger partial charge in [-0.1, -0.05) is 19.4 Å². The number of carbonyl (C=O) groups excluding carboxylic acids is 1. The number of nitrogens with zero attached hydrogens (tertiary/aromatic N) is 2. The van der Waals surface area contributed by atoms with E-state index in [1.807, 2.05) is 6.92 Å². The molecule has 0 spiro atoms. The van der Waals surface area contributed by atoms with Crippen LogP contribution in [0.15, 0.2) is 36.7 Å². The van der Waals surface area contributed by atoms with Crippen LogP contribution < -0.4 is 11.1 Å². The molecule has 1 atom stereocenters. The molecule has 0 saturated heterocycles. The lowest BCUT2D eigenvalue weighted by Crippen LogP contribution is -2.35. The molecule has 1 aromatic carbocycles. The normalized spacial score (nSPS) is 12.9. The molecule has 124 valence electrons. The molecule has 2 rings (SSSR count). The van der Waals surface area contributed by atoms with E-state index in [1.54, 1.807) is 0 Å². The largest absolute Gasteiger partial charge is 0.416 e. The van der Waals surface area contributed by atoms with E-state index in [1.165, 1.54) is 29.2 Å². The third kappa shape index (κ3) is 4.32. The minimum atomic E-state index is -4.42. The first-order chi connectivity index (χ1) is 10.8. The molecule has 1 amide bonds. The zero-order chi connectivity index (χ0) is 17.0. The van der Waals surface area contributed by atoms with Crippen LogP contribution in [0.4, 0.5) is 18.9 Å². The molecule has 1 unspecified atom stereocenters. The Hall–Kier alpha value is -2.35. The van der Waals surface area contributed by atoms with Gasteiger partial charge in [-0.2, -0.15) is 18.3 Å². The van der Waals surface area contributed by atoms with Crippen molar-refractivity contribution in [1.82, 2.24) is 9.78 Å². The molecule has 0 aliphatic carbocycles. The highest BCUT2D eigenvalue weighted by Crippen LogP contribution is 2.30. The zero-order valence-electron chi connectivity index (χ0n) is 12.5. The van der Waals surface area contributed by atoms with Crippen molar-refractivity contribution in [2.45, 2.75) is 32.0 Å². The molecule has 8 heteroatoms. The summed E-state index contributed by atoms with van der Waals surface area (Å²) in [5, 5.41) is 6.55. The maximum atomic E-state index is 12.7. The van der Waals surface area contributed by atoms with Crippen LogP contribution in [0.3, 0.4) is 0 Å². The van der Waals surface area contributed by atoms with E-state index in [4.69, 9.17) is 5.73 Å². The highest BCUT2D eigenvalue weighted by molar-refractivity contribution is 5.94. The van der Waals surface area contributed by atoms with E-state index in [9.17, 15) is 18.0 Å². The lowest BCUT2D eigenvalue weighted by molar-refractivity contribution is -0.137. The third-order valence-electron chi connectivity index (χ3n) is 3.22. The topological polar surface area (TPSA) is 72.9 Å². The molecule has 1 heterocycles. The molecule has 1 aromatic heterocycles. The summed E-state index contributed by atoms with van der Waals surface area (Å²) in [6.45, 7) is 1.92. The Morgan fingerprint density at radius 1 is 1.43 bits per heavy atom. The molecule has 0 bridgehead atoms. The number of hydrogen-bond donors (Lipinski definition) is 2. The summed E-state index contributed by atoms with van der Waals surface area (Å²) in [6.07, 6.45) is -0.304. The summed E-state index contributed by atoms with van der Waals surface area (Å²) in [5.41, 5.74) is 5.56. The van der Waals surface area contributed by atoms with Gasteiger partial charge in [-0.25, -0.2) is 4.68 Å². The minimum Gasteiger partial charge on any atom is -0.322 e. The molecular formula is C15H17F3N4O. The predicted molar refractivity (Wildman–Crippen MR) is 80.1 cm³/mol. The molecule has 0 fully saturated rings. The summed E-state index contributed by atoms with van der Waals surface area (Å²) < 4.78 is 39.4. The smallest absolute Gasteiger partial charge is 0.322 e. The fraction of sp³-hybridized carbons (Fsp3) is 0.333. The van der Waals surface area contributed by atoms with E-state index in [0.717, 1.165) is 18.6 Å². The fourth-order valence-electron chi connectivity index (χ4n) is 2.03. The first kappa shape index (κ1) is 17.0. The number of halogens is 3. The number of alkyl halides is 3. The molecule has 3 N–H and O–H groups in total. The standard InChI is InChI=1S/C15H17F3N4O/c1-2-4-13(19)14(23)21-11-8-20-22(9-11)12-6-3-5-10(7-12)15(16,17)18/h3,5-9,13H,2,4,19H2,1H3,(H,21,23). The Morgan fingerprint density at radius 2 is 2.17 bits per heavy atom. The van der Waals surface area contributed by atoms with E-state index >= 15 is 0 Å². The molecule has 0 saturated carbocycles. The zero-order valence-corrected chi connectivity index (χ0v) is 12.5. The second kappa shape index (κ2) is 6.82. The highest BCUT2D eigenvalue weighted by atomic mass is 19.4. The second-order valence-corrected chi connectivity index (χ2v) is 5.11. The van der Waals surface area contributed by atoms with Gasteiger partial charge in [0.05, 0.1) is 35.4 Å². The number of amides is 1. The molecule has 0 aliphatic rings. The number of nitrogens with two attached hydrogens (primary N) is 1. The van der Waals surface area contributed by atoms with Gasteiger partial charge < -0.3 is 11.1 Å². The number of carbonyl (C=O) groups is 1. The van der Waals surface area contributed by atoms with Crippen molar-refractivity contribution >= 4 is 11.6 Å². The molecule has 0 aliphatic heterocycles. The highest BCUT2D eigenvalue weighted by Gasteiger charge is 2.30. The number of hydrogen-bond acceptors (Lipinski definition) is 3. The van der Waals surface area contributed by atoms with Gasteiger partial charge in [-0.05, 0) is 24.6 Å². The number of rotatable bonds is 5. The molecular weight excluding hydrogens is 309 g/mol. The Labute approximate surface area is 131 Å². The molecule has 0 radical (unpaired) electrons. The quantitative estimate of drug-likeness (QED) is 0.887. The number of anilines is 1. The van der Waals surface area contributed by atoms with Crippen LogP contribution in [0.1, 0.15) is 25.3 Å². The van der Waals surface area contributed by atoms with Crippen LogP contribution in [0, 0.1) is 0 Å². The molecule has 2 aromatic rings. The second-order valence-electron chi connectivity index (χ2n) is 5.11. The van der Waals surface area contributed by atoms with E-state index in [2.05, 4.69) is 10.4 Å². The van der Waals surface area contributed by atoms with Crippen molar-refractivity contribution in [3.8, 4) is 5.69 Å². The van der Waals surface area contributed by atoms with E-state index in [-0.39, 0.29) is 11.6 Å². The van der Waals surface area contributed by atoms with Crippen LogP contribution in [0.2, 0.25) is 0 Å². The van der Waals surface area contributed by atoms with Crippen molar-refractivity contribution in [2.24, 2.45) is 5.73 Å². The first-order valence-corrected chi connectivity index (χ1v) is 7.10. The Kier molecular flexibility index (Phi) is 5.05. The minimum absolute atomic E-state index is 0.248. The summed E-state index contributed by atoms with van der Waals surface area (Å²) in [5.74, 6) is -0.351. The van der Waals surface area contributed by atoms with E-state index in [0.29, 0.717) is 12.1 Å². The van der Waals surface area contributed by atoms with E-state index < -0.39 is 17.8 Å². The summed E-state index contributed by atoms with van der Waals surface area (Å²) in [7, 11) is 0. The lowest BCUT2D eigenvalue weighted by atomic mass is 10.2. The predicted octanol–water partition coefficient (Wildman–Crippen LogP) is 2.96. The summed E-state index contributed by atoms with van der Waals surface area (Å²) in [6, 6.07) is 4.14. The number of nitrogens with one attached hydrogen (secondary N) is 1. The number of aromatic nitrogens is 2. The average Bonchev–Trinajstić information content (AvgIpc) is 2.95. The van der Waals surface area contributed by atoms with Crippen molar-refractivity contribution < 1.29 is 18.0 Å². The number of benzene rings is 1. The van der Waals surface area contributed by atoms with Gasteiger partial charge in [-0.3, -0.25) is 4.79 Å². The summed E-state index contributed by atoms with van der Waals surface area (Å²) >= 11 is 0. The maximum Gasteiger partial charge on any atom is 0.416 e. The van der Waals surface area contributed by atoms with Crippen LogP contribution in [-0.4, -0.2) is 21.7 Å². The SMILES string of the molecule is CCCC(N)C(=O)Nc1cnn(-c2cccc(C(F)(F)F)c2)c1. The van der Waals surface area contributed by atoms with Gasteiger partial charge in [0, 0.05) is 0 Å². The first-order valence-electron chi connectivity index (χ1n) is 7.10. The summed E-state index contributed by atoms with van der Waals surface area (Å²) in [4.78, 5) is 11.8. The van der Waals surface area contributed by atoms with Gasteiger partial charge in [0.2, 0.25) is 5.91 Å². The Balaban J connectivity index is 2.15. The van der Waals surface area contributed by atoms with Gasteiger partial charge in [0.1, 0.15) is 0 Å². The van der Waals surface area contributed by atoms with Gasteiger partial charge in [0.25, 0.3) is 0 Å². The van der Waals surface area contributed by atoms with Crippen LogP contribution in [0.25, 0.3) is 5.69 Å². The fourth-order valence-corrected chi connectivity index (χ4v) is 2.03. The van der Waals surface area contributed by atoms with Crippen LogP contribution in [0.5, 0.6) is 0 Å². The van der Waals surface area contributed by atoms with Crippen molar-refractivity contribution in [3.63, 3.8) is 0 Å². The maximum absolute atomic E-state index is 12.7. The lowest BCUT2D eigenvalue weighted by Gasteiger charge is -2.09. The Bertz CT molecular complexity index is 681. The molecule has 5 nitrogen and oxygen atoms in total. The van der Waals surface area contributed by atoms with Gasteiger partial charge in [0.15, 0.2) is 0 Å². The van der Waals surface area contributed by atoms with Crippen molar-refractivity contribution in [2.75, 3.05) is 5.32 Å². The average molecular weight is 326 g/mol. The monoisotopic (exact) mass is 326 g/mol. The van der Waals surface area contributed by atoms with Crippen LogP contribution in [-0.2, 0) is 11.0 Å². The van der Waals surface area contributed by atoms with Gasteiger partial charge in [-0.15, -0.1) is 0 Å². The van der Waals surface area contributed by atoms with Crippen molar-refractivity contribution in [3.05, 3.63) is 42.2 Å². The van der Waals surface area contributed by atoms with Gasteiger partial charge >= 0.3 is 6.18 Å². The molecule has 23 heavy (non-hydrogen) atoms.